The molecule has 0 aromatic heterocycles. The van der Waals surface area contributed by atoms with Crippen molar-refractivity contribution in [1.29, 1.82) is 0 Å². The SMILES string of the molecule is O=C(O)CNS(=O)(=O)c1ccc(F)c([N+](=O)[O-])c1. The number of aliphatic carboxylic acids is 1. The van der Waals surface area contributed by atoms with Gasteiger partial charge in [-0.15, -0.1) is 0 Å². The molecule has 0 aliphatic heterocycles. The van der Waals surface area contributed by atoms with E-state index >= 15 is 0 Å². The van der Waals surface area contributed by atoms with Crippen LogP contribution < -0.4 is 4.72 Å². The summed E-state index contributed by atoms with van der Waals surface area (Å²) in [6.45, 7) is -0.881. The number of hydrogen-bond donors (Lipinski definition) is 2. The number of nitrogens with one attached hydrogen (secondary N) is 1. The molecule has 18 heavy (non-hydrogen) atoms. The molecule has 0 amide bonds. The van der Waals surface area contributed by atoms with Crippen molar-refractivity contribution in [2.45, 2.75) is 4.90 Å². The van der Waals surface area contributed by atoms with E-state index in [1.165, 1.54) is 0 Å². The molecule has 0 unspecified atom stereocenters. The molecule has 2 N–H and O–H groups in total. The summed E-state index contributed by atoms with van der Waals surface area (Å²) in [5.41, 5.74) is -1.01. The second kappa shape index (κ2) is 5.06. The number of benzene rings is 1. The summed E-state index contributed by atoms with van der Waals surface area (Å²) in [6, 6.07) is 1.93. The van der Waals surface area contributed by atoms with Gasteiger partial charge in [-0.1, -0.05) is 0 Å². The number of nitro benzene ring substituents is 1. The number of nitro groups is 1. The minimum atomic E-state index is -4.23. The standard InChI is InChI=1S/C8H7FN2O6S/c9-6-2-1-5(3-7(6)11(14)15)18(16,17)10-4-8(12)13/h1-3,10H,4H2,(H,12,13). The number of sulfonamides is 1. The summed E-state index contributed by atoms with van der Waals surface area (Å²) in [4.78, 5) is 19.0. The average Bonchev–Trinajstić information content (AvgIpc) is 2.26. The molecule has 0 radical (unpaired) electrons. The first-order chi connectivity index (χ1) is 8.24. The van der Waals surface area contributed by atoms with Crippen LogP contribution in [-0.2, 0) is 14.8 Å². The van der Waals surface area contributed by atoms with Crippen LogP contribution >= 0.6 is 0 Å². The smallest absolute Gasteiger partial charge is 0.318 e. The molecular formula is C8H7FN2O6S. The predicted molar refractivity (Wildman–Crippen MR) is 55.9 cm³/mol. The highest BCUT2D eigenvalue weighted by Gasteiger charge is 2.21. The van der Waals surface area contributed by atoms with Gasteiger partial charge in [0.15, 0.2) is 0 Å². The summed E-state index contributed by atoms with van der Waals surface area (Å²) in [6.07, 6.45) is 0. The number of nitrogens with zero attached hydrogens (tertiary/aromatic N) is 1. The predicted octanol–water partition coefficient (Wildman–Crippen LogP) is 0.0968. The van der Waals surface area contributed by atoms with Gasteiger partial charge in [-0.25, -0.2) is 8.42 Å². The highest BCUT2D eigenvalue weighted by molar-refractivity contribution is 7.89. The molecule has 0 aliphatic carbocycles. The number of carboxylic acid groups (broad SMARTS) is 1. The summed E-state index contributed by atoms with van der Waals surface area (Å²) in [5.74, 6) is -2.60. The largest absolute Gasteiger partial charge is 0.480 e. The monoisotopic (exact) mass is 278 g/mol. The number of carboxylic acids is 1. The van der Waals surface area contributed by atoms with Crippen molar-refractivity contribution in [3.63, 3.8) is 0 Å². The molecule has 0 spiro atoms. The lowest BCUT2D eigenvalue weighted by Crippen LogP contribution is -2.29. The van der Waals surface area contributed by atoms with Crippen molar-refractivity contribution < 1.29 is 27.6 Å². The highest BCUT2D eigenvalue weighted by Crippen LogP contribution is 2.21. The number of hydrogen-bond acceptors (Lipinski definition) is 5. The van der Waals surface area contributed by atoms with Crippen LogP contribution in [0.4, 0.5) is 10.1 Å². The third-order valence-corrected chi connectivity index (χ3v) is 3.24. The molecule has 10 heteroatoms. The van der Waals surface area contributed by atoms with Gasteiger partial charge >= 0.3 is 11.7 Å². The summed E-state index contributed by atoms with van der Waals surface area (Å²) < 4.78 is 37.7. The minimum absolute atomic E-state index is 0.513. The van der Waals surface area contributed by atoms with Crippen molar-refractivity contribution in [2.24, 2.45) is 0 Å². The van der Waals surface area contributed by atoms with E-state index in [1.807, 2.05) is 0 Å². The van der Waals surface area contributed by atoms with Crippen molar-refractivity contribution in [2.75, 3.05) is 6.54 Å². The molecule has 1 aromatic carbocycles. The Hall–Kier alpha value is -2.07. The van der Waals surface area contributed by atoms with Crippen LogP contribution in [0.25, 0.3) is 0 Å². The Labute approximate surface area is 100 Å². The van der Waals surface area contributed by atoms with Gasteiger partial charge in [0.05, 0.1) is 9.82 Å². The van der Waals surface area contributed by atoms with Crippen molar-refractivity contribution in [3.8, 4) is 0 Å². The lowest BCUT2D eigenvalue weighted by atomic mass is 10.3. The first-order valence-corrected chi connectivity index (χ1v) is 5.88. The highest BCUT2D eigenvalue weighted by atomic mass is 32.2. The van der Waals surface area contributed by atoms with E-state index in [0.29, 0.717) is 12.1 Å². The van der Waals surface area contributed by atoms with Gasteiger partial charge in [-0.2, -0.15) is 9.11 Å². The molecule has 1 aromatic rings. The van der Waals surface area contributed by atoms with Gasteiger partial charge in [-0.3, -0.25) is 14.9 Å². The molecule has 98 valence electrons. The molecule has 1 rings (SSSR count). The average molecular weight is 278 g/mol. The van der Waals surface area contributed by atoms with E-state index in [2.05, 4.69) is 0 Å². The van der Waals surface area contributed by atoms with Crippen LogP contribution in [-0.4, -0.2) is 31.0 Å². The van der Waals surface area contributed by atoms with E-state index in [1.54, 1.807) is 4.72 Å². The molecule has 8 nitrogen and oxygen atoms in total. The van der Waals surface area contributed by atoms with Crippen molar-refractivity contribution >= 4 is 21.7 Å². The van der Waals surface area contributed by atoms with Crippen LogP contribution in [0.1, 0.15) is 0 Å². The first kappa shape index (κ1) is 14.0. The zero-order chi connectivity index (χ0) is 13.9. The molecule has 0 bridgehead atoms. The van der Waals surface area contributed by atoms with Crippen molar-refractivity contribution in [1.82, 2.24) is 4.72 Å². The quantitative estimate of drug-likeness (QED) is 0.580. The molecule has 0 saturated heterocycles. The Kier molecular flexibility index (Phi) is 3.93. The minimum Gasteiger partial charge on any atom is -0.480 e. The fraction of sp³-hybridized carbons (Fsp3) is 0.125. The normalized spacial score (nSPS) is 11.2. The molecule has 0 atom stereocenters. The second-order valence-corrected chi connectivity index (χ2v) is 4.86. The molecule has 0 saturated carbocycles. The Bertz CT molecular complexity index is 600. The van der Waals surface area contributed by atoms with Gasteiger partial charge in [-0.05, 0) is 12.1 Å². The number of halogens is 1. The van der Waals surface area contributed by atoms with Gasteiger partial charge in [0.2, 0.25) is 15.8 Å². The fourth-order valence-corrected chi connectivity index (χ4v) is 2.03. The number of carbonyl (C=O) groups is 1. The van der Waals surface area contributed by atoms with Crippen LogP contribution in [0.15, 0.2) is 23.1 Å². The molecule has 0 fully saturated rings. The van der Waals surface area contributed by atoms with Gasteiger partial charge in [0.25, 0.3) is 0 Å². The lowest BCUT2D eigenvalue weighted by molar-refractivity contribution is -0.387. The maximum atomic E-state index is 13.0. The van der Waals surface area contributed by atoms with E-state index in [-0.39, 0.29) is 0 Å². The van der Waals surface area contributed by atoms with Crippen LogP contribution in [0.3, 0.4) is 0 Å². The maximum Gasteiger partial charge on any atom is 0.318 e. The Morgan fingerprint density at radius 3 is 2.61 bits per heavy atom. The van der Waals surface area contributed by atoms with Crippen LogP contribution in [0.2, 0.25) is 0 Å². The lowest BCUT2D eigenvalue weighted by Gasteiger charge is -2.04. The van der Waals surface area contributed by atoms with Gasteiger partial charge < -0.3 is 5.11 Å². The zero-order valence-corrected chi connectivity index (χ0v) is 9.48. The summed E-state index contributed by atoms with van der Waals surface area (Å²) in [5, 5.41) is 18.7. The zero-order valence-electron chi connectivity index (χ0n) is 8.66. The van der Waals surface area contributed by atoms with Gasteiger partial charge in [0, 0.05) is 6.07 Å². The molecule has 0 aliphatic rings. The third kappa shape index (κ3) is 3.21. The Balaban J connectivity index is 3.14. The maximum absolute atomic E-state index is 13.0. The fourth-order valence-electron chi connectivity index (χ4n) is 1.04. The van der Waals surface area contributed by atoms with Crippen molar-refractivity contribution in [3.05, 3.63) is 34.1 Å². The number of rotatable bonds is 5. The summed E-state index contributed by atoms with van der Waals surface area (Å²) in [7, 11) is -4.23. The topological polar surface area (TPSA) is 127 Å². The molecule has 0 heterocycles. The van der Waals surface area contributed by atoms with Crippen LogP contribution in [0.5, 0.6) is 0 Å². The Morgan fingerprint density at radius 2 is 2.11 bits per heavy atom. The van der Waals surface area contributed by atoms with E-state index in [4.69, 9.17) is 5.11 Å². The summed E-state index contributed by atoms with van der Waals surface area (Å²) >= 11 is 0. The second-order valence-electron chi connectivity index (χ2n) is 3.09. The first-order valence-electron chi connectivity index (χ1n) is 4.39. The van der Waals surface area contributed by atoms with Gasteiger partial charge in [0.1, 0.15) is 6.54 Å². The van der Waals surface area contributed by atoms with E-state index in [0.717, 1.165) is 6.07 Å². The Morgan fingerprint density at radius 1 is 1.50 bits per heavy atom. The van der Waals surface area contributed by atoms with Crippen LogP contribution in [0, 0.1) is 15.9 Å². The van der Waals surface area contributed by atoms with E-state index in [9.17, 15) is 27.7 Å². The van der Waals surface area contributed by atoms with E-state index < -0.39 is 43.9 Å². The molecular weight excluding hydrogens is 271 g/mol. The third-order valence-electron chi connectivity index (χ3n) is 1.84.